The fraction of sp³-hybridized carbons (Fsp3) is 0.900. The topological polar surface area (TPSA) is 55.1 Å². The van der Waals surface area contributed by atoms with Crippen molar-refractivity contribution in [3.05, 3.63) is 0 Å². The van der Waals surface area contributed by atoms with E-state index in [0.29, 0.717) is 6.54 Å². The van der Waals surface area contributed by atoms with Gasteiger partial charge in [0.2, 0.25) is 5.91 Å². The molecule has 0 aromatic carbocycles. The standard InChI is InChI=1S/C10H22N2O/c1-4-5-6-7-10(3,11)8-12-9(2)13/h4-8,11H2,1-3H3,(H,12,13). The lowest BCUT2D eigenvalue weighted by molar-refractivity contribution is -0.119. The van der Waals surface area contributed by atoms with Gasteiger partial charge in [0, 0.05) is 19.0 Å². The van der Waals surface area contributed by atoms with Crippen LogP contribution in [0.15, 0.2) is 0 Å². The van der Waals surface area contributed by atoms with Crippen LogP contribution >= 0.6 is 0 Å². The number of hydrogen-bond acceptors (Lipinski definition) is 2. The SMILES string of the molecule is CCCCCC(C)(N)CNC(C)=O. The predicted octanol–water partition coefficient (Wildman–Crippen LogP) is 1.42. The Bertz CT molecular complexity index is 155. The minimum absolute atomic E-state index is 0.00725. The number of nitrogens with one attached hydrogen (secondary N) is 1. The van der Waals surface area contributed by atoms with E-state index in [1.807, 2.05) is 6.92 Å². The van der Waals surface area contributed by atoms with E-state index in [-0.39, 0.29) is 11.4 Å². The van der Waals surface area contributed by atoms with Crippen molar-refractivity contribution in [1.29, 1.82) is 0 Å². The molecule has 0 radical (unpaired) electrons. The molecule has 0 aliphatic heterocycles. The molecule has 0 aromatic heterocycles. The molecule has 1 atom stereocenters. The number of carbonyl (C=O) groups excluding carboxylic acids is 1. The van der Waals surface area contributed by atoms with Crippen LogP contribution in [-0.2, 0) is 4.79 Å². The summed E-state index contributed by atoms with van der Waals surface area (Å²) in [6, 6.07) is 0. The van der Waals surface area contributed by atoms with E-state index in [9.17, 15) is 4.79 Å². The van der Waals surface area contributed by atoms with Crippen molar-refractivity contribution in [3.8, 4) is 0 Å². The minimum atomic E-state index is -0.249. The maximum absolute atomic E-state index is 10.7. The molecule has 0 spiro atoms. The van der Waals surface area contributed by atoms with Crippen LogP contribution in [0.4, 0.5) is 0 Å². The molecule has 3 N–H and O–H groups in total. The molecular formula is C10H22N2O. The highest BCUT2D eigenvalue weighted by atomic mass is 16.1. The Morgan fingerprint density at radius 1 is 1.46 bits per heavy atom. The van der Waals surface area contributed by atoms with Gasteiger partial charge in [-0.05, 0) is 13.3 Å². The maximum atomic E-state index is 10.7. The lowest BCUT2D eigenvalue weighted by Gasteiger charge is -2.24. The van der Waals surface area contributed by atoms with Crippen LogP contribution in [-0.4, -0.2) is 18.0 Å². The molecule has 0 aliphatic rings. The largest absolute Gasteiger partial charge is 0.355 e. The normalized spacial score (nSPS) is 15.1. The van der Waals surface area contributed by atoms with Crippen LogP contribution in [0.2, 0.25) is 0 Å². The number of carbonyl (C=O) groups is 1. The molecule has 1 unspecified atom stereocenters. The van der Waals surface area contributed by atoms with Gasteiger partial charge in [-0.15, -0.1) is 0 Å². The first kappa shape index (κ1) is 12.4. The second kappa shape index (κ2) is 5.97. The van der Waals surface area contributed by atoms with Crippen molar-refractivity contribution in [1.82, 2.24) is 5.32 Å². The van der Waals surface area contributed by atoms with Crippen LogP contribution in [0.5, 0.6) is 0 Å². The van der Waals surface area contributed by atoms with Gasteiger partial charge >= 0.3 is 0 Å². The second-order valence-electron chi connectivity index (χ2n) is 4.02. The Balaban J connectivity index is 3.59. The number of rotatable bonds is 6. The van der Waals surface area contributed by atoms with Gasteiger partial charge in [0.1, 0.15) is 0 Å². The summed E-state index contributed by atoms with van der Waals surface area (Å²) < 4.78 is 0. The molecule has 3 heteroatoms. The third-order valence-corrected chi connectivity index (χ3v) is 2.09. The molecule has 78 valence electrons. The van der Waals surface area contributed by atoms with Gasteiger partial charge in [-0.3, -0.25) is 4.79 Å². The predicted molar refractivity (Wildman–Crippen MR) is 55.4 cm³/mol. The molecule has 0 saturated carbocycles. The highest BCUT2D eigenvalue weighted by Gasteiger charge is 2.17. The lowest BCUT2D eigenvalue weighted by Crippen LogP contribution is -2.47. The van der Waals surface area contributed by atoms with E-state index in [1.54, 1.807) is 0 Å². The number of unbranched alkanes of at least 4 members (excludes halogenated alkanes) is 2. The fourth-order valence-electron chi connectivity index (χ4n) is 1.19. The van der Waals surface area contributed by atoms with E-state index in [1.165, 1.54) is 19.8 Å². The van der Waals surface area contributed by atoms with E-state index in [4.69, 9.17) is 5.73 Å². The van der Waals surface area contributed by atoms with Crippen LogP contribution in [0.1, 0.15) is 46.5 Å². The van der Waals surface area contributed by atoms with Crippen LogP contribution in [0, 0.1) is 0 Å². The molecule has 0 aromatic rings. The van der Waals surface area contributed by atoms with Gasteiger partial charge < -0.3 is 11.1 Å². The third kappa shape index (κ3) is 7.78. The molecule has 0 saturated heterocycles. The van der Waals surface area contributed by atoms with Crippen molar-refractivity contribution in [3.63, 3.8) is 0 Å². The van der Waals surface area contributed by atoms with Crippen molar-refractivity contribution in [2.24, 2.45) is 5.73 Å². The molecule has 3 nitrogen and oxygen atoms in total. The molecule has 0 aliphatic carbocycles. The van der Waals surface area contributed by atoms with E-state index in [0.717, 1.165) is 12.8 Å². The summed E-state index contributed by atoms with van der Waals surface area (Å²) in [5, 5.41) is 2.75. The first-order chi connectivity index (χ1) is 5.98. The van der Waals surface area contributed by atoms with Crippen LogP contribution < -0.4 is 11.1 Å². The lowest BCUT2D eigenvalue weighted by atomic mass is 9.95. The average Bonchev–Trinajstić information content (AvgIpc) is 2.02. The molecular weight excluding hydrogens is 164 g/mol. The highest BCUT2D eigenvalue weighted by Crippen LogP contribution is 2.10. The summed E-state index contributed by atoms with van der Waals surface area (Å²) in [7, 11) is 0. The molecule has 13 heavy (non-hydrogen) atoms. The fourth-order valence-corrected chi connectivity index (χ4v) is 1.19. The maximum Gasteiger partial charge on any atom is 0.216 e. The summed E-state index contributed by atoms with van der Waals surface area (Å²) in [6.07, 6.45) is 4.54. The second-order valence-corrected chi connectivity index (χ2v) is 4.02. The van der Waals surface area contributed by atoms with Crippen molar-refractivity contribution < 1.29 is 4.79 Å². The third-order valence-electron chi connectivity index (χ3n) is 2.09. The Labute approximate surface area is 81.1 Å². The Hall–Kier alpha value is -0.570. The van der Waals surface area contributed by atoms with Crippen molar-refractivity contribution >= 4 is 5.91 Å². The minimum Gasteiger partial charge on any atom is -0.355 e. The van der Waals surface area contributed by atoms with Crippen molar-refractivity contribution in [2.75, 3.05) is 6.54 Å². The zero-order valence-electron chi connectivity index (χ0n) is 9.02. The quantitative estimate of drug-likeness (QED) is 0.616. The Kier molecular flexibility index (Phi) is 5.71. The zero-order chi connectivity index (χ0) is 10.3. The molecule has 0 bridgehead atoms. The van der Waals surface area contributed by atoms with Crippen LogP contribution in [0.3, 0.4) is 0 Å². The summed E-state index contributed by atoms with van der Waals surface area (Å²) in [5.74, 6) is -0.00725. The summed E-state index contributed by atoms with van der Waals surface area (Å²) in [5.41, 5.74) is 5.74. The van der Waals surface area contributed by atoms with Crippen molar-refractivity contribution in [2.45, 2.75) is 52.0 Å². The molecule has 1 amide bonds. The van der Waals surface area contributed by atoms with Gasteiger partial charge in [-0.1, -0.05) is 26.2 Å². The Morgan fingerprint density at radius 2 is 2.08 bits per heavy atom. The first-order valence-electron chi connectivity index (χ1n) is 5.01. The molecule has 0 rings (SSSR count). The first-order valence-corrected chi connectivity index (χ1v) is 5.01. The monoisotopic (exact) mass is 186 g/mol. The summed E-state index contributed by atoms with van der Waals surface area (Å²) >= 11 is 0. The van der Waals surface area contributed by atoms with Gasteiger partial charge in [0.25, 0.3) is 0 Å². The van der Waals surface area contributed by atoms with Crippen LogP contribution in [0.25, 0.3) is 0 Å². The van der Waals surface area contributed by atoms with E-state index < -0.39 is 0 Å². The Morgan fingerprint density at radius 3 is 2.54 bits per heavy atom. The number of hydrogen-bond donors (Lipinski definition) is 2. The highest BCUT2D eigenvalue weighted by molar-refractivity contribution is 5.72. The number of amides is 1. The van der Waals surface area contributed by atoms with E-state index >= 15 is 0 Å². The number of nitrogens with two attached hydrogens (primary N) is 1. The summed E-state index contributed by atoms with van der Waals surface area (Å²) in [6.45, 7) is 6.24. The van der Waals surface area contributed by atoms with Gasteiger partial charge in [-0.2, -0.15) is 0 Å². The zero-order valence-corrected chi connectivity index (χ0v) is 9.02. The summed E-state index contributed by atoms with van der Waals surface area (Å²) in [4.78, 5) is 10.7. The molecule has 0 fully saturated rings. The molecule has 0 heterocycles. The average molecular weight is 186 g/mol. The van der Waals surface area contributed by atoms with Gasteiger partial charge in [-0.25, -0.2) is 0 Å². The van der Waals surface area contributed by atoms with Gasteiger partial charge in [0.05, 0.1) is 0 Å². The smallest absolute Gasteiger partial charge is 0.216 e. The van der Waals surface area contributed by atoms with Gasteiger partial charge in [0.15, 0.2) is 0 Å². The van der Waals surface area contributed by atoms with E-state index in [2.05, 4.69) is 12.2 Å².